The molecule has 104 valence electrons. The molecule has 19 heavy (non-hydrogen) atoms. The quantitative estimate of drug-likeness (QED) is 0.894. The number of urea groups is 1. The van der Waals surface area contributed by atoms with Crippen LogP contribution in [0, 0.1) is 0 Å². The van der Waals surface area contributed by atoms with Crippen molar-refractivity contribution in [1.29, 1.82) is 0 Å². The van der Waals surface area contributed by atoms with E-state index in [9.17, 15) is 4.79 Å². The van der Waals surface area contributed by atoms with Crippen LogP contribution in [0.5, 0.6) is 0 Å². The molecule has 1 aromatic rings. The molecule has 0 aromatic heterocycles. The lowest BCUT2D eigenvalue weighted by Crippen LogP contribution is -2.45. The molecule has 2 amide bonds. The van der Waals surface area contributed by atoms with Crippen LogP contribution in [-0.2, 0) is 11.3 Å². The van der Waals surface area contributed by atoms with Crippen LogP contribution in [0.1, 0.15) is 5.56 Å². The second-order valence-electron chi connectivity index (χ2n) is 4.82. The predicted molar refractivity (Wildman–Crippen MR) is 75.4 cm³/mol. The summed E-state index contributed by atoms with van der Waals surface area (Å²) < 4.78 is 5.22. The molecule has 1 aliphatic rings. The number of hydrogen-bond donors (Lipinski definition) is 1. The lowest BCUT2D eigenvalue weighted by atomic mass is 10.2. The minimum atomic E-state index is -0.0139. The SMILES string of the molecule is CN(C)c1ccc(CNC(=O)N2CCOCC2)cc1. The van der Waals surface area contributed by atoms with Crippen molar-refractivity contribution in [2.24, 2.45) is 0 Å². The number of nitrogens with zero attached hydrogens (tertiary/aromatic N) is 2. The lowest BCUT2D eigenvalue weighted by Gasteiger charge is -2.27. The van der Waals surface area contributed by atoms with Crippen LogP contribution in [0.3, 0.4) is 0 Å². The van der Waals surface area contributed by atoms with E-state index in [2.05, 4.69) is 22.3 Å². The monoisotopic (exact) mass is 263 g/mol. The Kier molecular flexibility index (Phi) is 4.63. The molecule has 2 rings (SSSR count). The van der Waals surface area contributed by atoms with Crippen molar-refractivity contribution < 1.29 is 9.53 Å². The average molecular weight is 263 g/mol. The van der Waals surface area contributed by atoms with Crippen molar-refractivity contribution in [1.82, 2.24) is 10.2 Å². The van der Waals surface area contributed by atoms with Gasteiger partial charge in [-0.25, -0.2) is 4.79 Å². The van der Waals surface area contributed by atoms with Crippen LogP contribution in [0.15, 0.2) is 24.3 Å². The summed E-state index contributed by atoms with van der Waals surface area (Å²) in [7, 11) is 4.02. The van der Waals surface area contributed by atoms with Gasteiger partial charge in [0.2, 0.25) is 0 Å². The van der Waals surface area contributed by atoms with Gasteiger partial charge in [0.1, 0.15) is 0 Å². The van der Waals surface area contributed by atoms with Crippen molar-refractivity contribution in [3.05, 3.63) is 29.8 Å². The second-order valence-corrected chi connectivity index (χ2v) is 4.82. The molecule has 0 bridgehead atoms. The Hall–Kier alpha value is -1.75. The van der Waals surface area contributed by atoms with E-state index in [4.69, 9.17) is 4.74 Å². The number of carbonyl (C=O) groups excluding carboxylic acids is 1. The molecule has 0 radical (unpaired) electrons. The first-order chi connectivity index (χ1) is 9.16. The zero-order chi connectivity index (χ0) is 13.7. The number of carbonyl (C=O) groups is 1. The highest BCUT2D eigenvalue weighted by Crippen LogP contribution is 2.12. The van der Waals surface area contributed by atoms with Gasteiger partial charge < -0.3 is 19.9 Å². The van der Waals surface area contributed by atoms with Crippen molar-refractivity contribution in [3.63, 3.8) is 0 Å². The summed E-state index contributed by atoms with van der Waals surface area (Å²) >= 11 is 0. The van der Waals surface area contributed by atoms with Gasteiger partial charge in [-0.05, 0) is 17.7 Å². The van der Waals surface area contributed by atoms with Crippen molar-refractivity contribution in [2.75, 3.05) is 45.3 Å². The van der Waals surface area contributed by atoms with Gasteiger partial charge in [0.05, 0.1) is 13.2 Å². The van der Waals surface area contributed by atoms with Crippen LogP contribution in [0.2, 0.25) is 0 Å². The highest BCUT2D eigenvalue weighted by atomic mass is 16.5. The number of amides is 2. The third-order valence-corrected chi connectivity index (χ3v) is 3.19. The molecule has 1 heterocycles. The Morgan fingerprint density at radius 2 is 1.89 bits per heavy atom. The molecule has 1 fully saturated rings. The van der Waals surface area contributed by atoms with E-state index in [1.807, 2.05) is 26.2 Å². The Labute approximate surface area is 114 Å². The van der Waals surface area contributed by atoms with E-state index < -0.39 is 0 Å². The van der Waals surface area contributed by atoms with E-state index in [1.165, 1.54) is 0 Å². The van der Waals surface area contributed by atoms with Gasteiger partial charge in [-0.1, -0.05) is 12.1 Å². The highest BCUT2D eigenvalue weighted by Gasteiger charge is 2.15. The first-order valence-corrected chi connectivity index (χ1v) is 6.53. The standard InChI is InChI=1S/C14H21N3O2/c1-16(2)13-5-3-12(4-6-13)11-15-14(18)17-7-9-19-10-8-17/h3-6H,7-11H2,1-2H3,(H,15,18). The van der Waals surface area contributed by atoms with E-state index in [1.54, 1.807) is 4.90 Å². The zero-order valence-electron chi connectivity index (χ0n) is 11.6. The molecular weight excluding hydrogens is 242 g/mol. The number of hydrogen-bond acceptors (Lipinski definition) is 3. The first kappa shape index (κ1) is 13.7. The molecule has 5 nitrogen and oxygen atoms in total. The fourth-order valence-corrected chi connectivity index (χ4v) is 1.97. The summed E-state index contributed by atoms with van der Waals surface area (Å²) in [4.78, 5) is 15.7. The summed E-state index contributed by atoms with van der Waals surface area (Å²) in [5, 5.41) is 2.94. The maximum absolute atomic E-state index is 11.9. The Morgan fingerprint density at radius 1 is 1.26 bits per heavy atom. The normalized spacial score (nSPS) is 15.2. The van der Waals surface area contributed by atoms with Gasteiger partial charge in [0, 0.05) is 39.4 Å². The molecule has 1 saturated heterocycles. The molecular formula is C14H21N3O2. The van der Waals surface area contributed by atoms with Gasteiger partial charge in [0.25, 0.3) is 0 Å². The maximum Gasteiger partial charge on any atom is 0.317 e. The summed E-state index contributed by atoms with van der Waals surface area (Å²) in [5.41, 5.74) is 2.26. The van der Waals surface area contributed by atoms with Gasteiger partial charge in [-0.2, -0.15) is 0 Å². The molecule has 0 unspecified atom stereocenters. The Bertz CT molecular complexity index is 411. The maximum atomic E-state index is 11.9. The summed E-state index contributed by atoms with van der Waals surface area (Å²) in [6, 6.07) is 8.16. The zero-order valence-corrected chi connectivity index (χ0v) is 11.6. The van der Waals surface area contributed by atoms with E-state index in [0.717, 1.165) is 11.3 Å². The van der Waals surface area contributed by atoms with Crippen molar-refractivity contribution >= 4 is 11.7 Å². The Balaban J connectivity index is 1.82. The summed E-state index contributed by atoms with van der Waals surface area (Å²) in [6.07, 6.45) is 0. The predicted octanol–water partition coefficient (Wildman–Crippen LogP) is 1.29. The van der Waals surface area contributed by atoms with Crippen LogP contribution in [0.25, 0.3) is 0 Å². The first-order valence-electron chi connectivity index (χ1n) is 6.53. The summed E-state index contributed by atoms with van der Waals surface area (Å²) in [5.74, 6) is 0. The van der Waals surface area contributed by atoms with E-state index in [-0.39, 0.29) is 6.03 Å². The fourth-order valence-electron chi connectivity index (χ4n) is 1.97. The molecule has 0 aliphatic carbocycles. The third kappa shape index (κ3) is 3.86. The van der Waals surface area contributed by atoms with Crippen LogP contribution in [0.4, 0.5) is 10.5 Å². The van der Waals surface area contributed by atoms with E-state index >= 15 is 0 Å². The minimum absolute atomic E-state index is 0.0139. The molecule has 0 saturated carbocycles. The number of morpholine rings is 1. The number of rotatable bonds is 3. The van der Waals surface area contributed by atoms with Crippen LogP contribution < -0.4 is 10.2 Å². The topological polar surface area (TPSA) is 44.8 Å². The smallest absolute Gasteiger partial charge is 0.317 e. The molecule has 1 aromatic carbocycles. The lowest BCUT2D eigenvalue weighted by molar-refractivity contribution is 0.0531. The fraction of sp³-hybridized carbons (Fsp3) is 0.500. The van der Waals surface area contributed by atoms with Crippen LogP contribution in [-0.4, -0.2) is 51.3 Å². The molecule has 1 N–H and O–H groups in total. The van der Waals surface area contributed by atoms with E-state index in [0.29, 0.717) is 32.8 Å². The largest absolute Gasteiger partial charge is 0.378 e. The van der Waals surface area contributed by atoms with Gasteiger partial charge in [-0.15, -0.1) is 0 Å². The number of ether oxygens (including phenoxy) is 1. The second kappa shape index (κ2) is 6.43. The Morgan fingerprint density at radius 3 is 2.47 bits per heavy atom. The average Bonchev–Trinajstić information content (AvgIpc) is 2.46. The molecule has 0 atom stereocenters. The number of nitrogens with one attached hydrogen (secondary N) is 1. The molecule has 1 aliphatic heterocycles. The molecule has 5 heteroatoms. The van der Waals surface area contributed by atoms with Gasteiger partial charge >= 0.3 is 6.03 Å². The van der Waals surface area contributed by atoms with Crippen molar-refractivity contribution in [3.8, 4) is 0 Å². The number of anilines is 1. The van der Waals surface area contributed by atoms with Gasteiger partial charge in [0.15, 0.2) is 0 Å². The highest BCUT2D eigenvalue weighted by molar-refractivity contribution is 5.74. The van der Waals surface area contributed by atoms with Gasteiger partial charge in [-0.3, -0.25) is 0 Å². The third-order valence-electron chi connectivity index (χ3n) is 3.19. The minimum Gasteiger partial charge on any atom is -0.378 e. The van der Waals surface area contributed by atoms with Crippen LogP contribution >= 0.6 is 0 Å². The summed E-state index contributed by atoms with van der Waals surface area (Å²) in [6.45, 7) is 3.16. The molecule has 0 spiro atoms. The van der Waals surface area contributed by atoms with Crippen molar-refractivity contribution in [2.45, 2.75) is 6.54 Å². The number of benzene rings is 1.